The van der Waals surface area contributed by atoms with Crippen LogP contribution in [0.2, 0.25) is 5.15 Å². The largest absolute Gasteiger partial charge is 0.339 e. The van der Waals surface area contributed by atoms with E-state index in [1.807, 2.05) is 21.6 Å². The highest BCUT2D eigenvalue weighted by Crippen LogP contribution is 2.35. The second-order valence-electron chi connectivity index (χ2n) is 7.04. The number of carbonyl (C=O) groups excluding carboxylic acids is 1. The van der Waals surface area contributed by atoms with Crippen LogP contribution in [-0.2, 0) is 4.79 Å². The lowest BCUT2D eigenvalue weighted by atomic mass is 10.1. The molecule has 1 fully saturated rings. The summed E-state index contributed by atoms with van der Waals surface area (Å²) in [5.41, 5.74) is 3.10. The topological polar surface area (TPSA) is 68.8 Å². The predicted molar refractivity (Wildman–Crippen MR) is 106 cm³/mol. The summed E-state index contributed by atoms with van der Waals surface area (Å²) in [6.07, 6.45) is 7.02. The minimum absolute atomic E-state index is 0.0694. The van der Waals surface area contributed by atoms with Crippen LogP contribution in [0, 0.1) is 5.82 Å². The Kier molecular flexibility index (Phi) is 4.09. The number of carbonyl (C=O) groups is 1. The number of hydrogen-bond donors (Lipinski definition) is 0. The minimum atomic E-state index is -0.306. The lowest BCUT2D eigenvalue weighted by Crippen LogP contribution is -2.49. The van der Waals surface area contributed by atoms with Crippen molar-refractivity contribution in [2.45, 2.75) is 13.0 Å². The van der Waals surface area contributed by atoms with Gasteiger partial charge >= 0.3 is 0 Å². The van der Waals surface area contributed by atoms with Gasteiger partial charge in [0, 0.05) is 49.2 Å². The third-order valence-corrected chi connectivity index (χ3v) is 5.52. The number of likely N-dealkylation sites (tertiary alicyclic amines) is 1. The van der Waals surface area contributed by atoms with Crippen molar-refractivity contribution < 1.29 is 9.18 Å². The molecule has 3 aromatic heterocycles. The van der Waals surface area contributed by atoms with Gasteiger partial charge in [-0.1, -0.05) is 11.6 Å². The van der Waals surface area contributed by atoms with E-state index >= 15 is 0 Å². The first kappa shape index (κ1) is 17.8. The molecular formula is C20H16ClFN6O. The molecule has 4 aromatic rings. The fourth-order valence-electron chi connectivity index (χ4n) is 3.60. The zero-order valence-electron chi connectivity index (χ0n) is 15.5. The van der Waals surface area contributed by atoms with Gasteiger partial charge in [-0.2, -0.15) is 5.10 Å². The van der Waals surface area contributed by atoms with Crippen molar-refractivity contribution >= 4 is 28.5 Å². The Morgan fingerprint density at radius 2 is 1.93 bits per heavy atom. The Labute approximate surface area is 170 Å². The molecule has 7 nitrogen and oxygen atoms in total. The Balaban J connectivity index is 1.57. The maximum Gasteiger partial charge on any atom is 0.219 e. The maximum absolute atomic E-state index is 13.4. The van der Waals surface area contributed by atoms with Crippen LogP contribution in [0.5, 0.6) is 0 Å². The van der Waals surface area contributed by atoms with Crippen molar-refractivity contribution in [1.82, 2.24) is 29.2 Å². The van der Waals surface area contributed by atoms with E-state index in [0.29, 0.717) is 29.3 Å². The molecule has 0 unspecified atom stereocenters. The molecule has 5 rings (SSSR count). The molecule has 0 spiro atoms. The second-order valence-corrected chi connectivity index (χ2v) is 7.40. The van der Waals surface area contributed by atoms with Crippen LogP contribution in [0.15, 0.2) is 49.2 Å². The van der Waals surface area contributed by atoms with Gasteiger partial charge in [-0.05, 0) is 24.3 Å². The normalized spacial score (nSPS) is 14.4. The van der Waals surface area contributed by atoms with E-state index < -0.39 is 0 Å². The fourth-order valence-corrected chi connectivity index (χ4v) is 3.83. The molecule has 0 bridgehead atoms. The summed E-state index contributed by atoms with van der Waals surface area (Å²) in [4.78, 5) is 21.7. The number of aromatic nitrogens is 5. The minimum Gasteiger partial charge on any atom is -0.339 e. The van der Waals surface area contributed by atoms with Gasteiger partial charge in [-0.3, -0.25) is 9.48 Å². The van der Waals surface area contributed by atoms with E-state index in [-0.39, 0.29) is 17.8 Å². The molecule has 146 valence electrons. The number of nitrogens with zero attached hydrogens (tertiary/aromatic N) is 6. The third-order valence-electron chi connectivity index (χ3n) is 5.24. The summed E-state index contributed by atoms with van der Waals surface area (Å²) in [6, 6.07) is 6.33. The molecule has 1 aliphatic rings. The average Bonchev–Trinajstić information content (AvgIpc) is 3.27. The van der Waals surface area contributed by atoms with Gasteiger partial charge in [0.2, 0.25) is 5.91 Å². The summed E-state index contributed by atoms with van der Waals surface area (Å²) >= 11 is 6.40. The Hall–Kier alpha value is -3.26. The summed E-state index contributed by atoms with van der Waals surface area (Å²) in [6.45, 7) is 2.87. The van der Waals surface area contributed by atoms with Gasteiger partial charge in [-0.15, -0.1) is 0 Å². The zero-order chi connectivity index (χ0) is 20.1. The van der Waals surface area contributed by atoms with Crippen LogP contribution in [0.1, 0.15) is 13.0 Å². The average molecular weight is 411 g/mol. The predicted octanol–water partition coefficient (Wildman–Crippen LogP) is 3.48. The van der Waals surface area contributed by atoms with Gasteiger partial charge in [0.25, 0.3) is 0 Å². The summed E-state index contributed by atoms with van der Waals surface area (Å²) in [5, 5.41) is 5.52. The molecule has 0 radical (unpaired) electrons. The van der Waals surface area contributed by atoms with E-state index in [1.54, 1.807) is 30.2 Å². The van der Waals surface area contributed by atoms with E-state index in [4.69, 9.17) is 11.6 Å². The van der Waals surface area contributed by atoms with Gasteiger partial charge < -0.3 is 9.47 Å². The standard InChI is InChI=1S/C20H16ClFN6O/c1-12(29)26-8-16(9-26)28-7-13(6-25-28)17-10-27(15-4-2-14(22)3-5-15)20-18(17)19(21)23-11-24-20/h2-7,10-11,16H,8-9H2,1H3. The Morgan fingerprint density at radius 3 is 2.66 bits per heavy atom. The van der Waals surface area contributed by atoms with E-state index in [2.05, 4.69) is 15.1 Å². The molecule has 9 heteroatoms. The first-order valence-electron chi connectivity index (χ1n) is 9.09. The van der Waals surface area contributed by atoms with E-state index in [1.165, 1.54) is 18.5 Å². The van der Waals surface area contributed by atoms with Crippen molar-refractivity contribution in [2.24, 2.45) is 0 Å². The first-order chi connectivity index (χ1) is 14.0. The van der Waals surface area contributed by atoms with Gasteiger partial charge in [0.1, 0.15) is 22.9 Å². The van der Waals surface area contributed by atoms with Crippen LogP contribution in [-0.4, -0.2) is 48.2 Å². The number of halogens is 2. The molecule has 0 saturated carbocycles. The molecule has 1 amide bonds. The number of rotatable bonds is 3. The van der Waals surface area contributed by atoms with Crippen molar-refractivity contribution in [3.05, 3.63) is 60.2 Å². The van der Waals surface area contributed by atoms with Crippen molar-refractivity contribution in [1.29, 1.82) is 0 Å². The van der Waals surface area contributed by atoms with Crippen LogP contribution >= 0.6 is 11.6 Å². The fraction of sp³-hybridized carbons (Fsp3) is 0.200. The number of hydrogen-bond acceptors (Lipinski definition) is 4. The highest BCUT2D eigenvalue weighted by molar-refractivity contribution is 6.35. The van der Waals surface area contributed by atoms with Crippen molar-refractivity contribution in [2.75, 3.05) is 13.1 Å². The lowest BCUT2D eigenvalue weighted by molar-refractivity contribution is -0.134. The molecule has 29 heavy (non-hydrogen) atoms. The summed E-state index contributed by atoms with van der Waals surface area (Å²) < 4.78 is 17.1. The molecule has 1 aliphatic heterocycles. The van der Waals surface area contributed by atoms with E-state index in [0.717, 1.165) is 16.8 Å². The number of benzene rings is 1. The molecule has 0 atom stereocenters. The van der Waals surface area contributed by atoms with Crippen LogP contribution in [0.4, 0.5) is 4.39 Å². The van der Waals surface area contributed by atoms with Gasteiger partial charge in [-0.25, -0.2) is 14.4 Å². The summed E-state index contributed by atoms with van der Waals surface area (Å²) in [5.74, 6) is -0.237. The highest BCUT2D eigenvalue weighted by atomic mass is 35.5. The van der Waals surface area contributed by atoms with Crippen LogP contribution in [0.25, 0.3) is 27.8 Å². The van der Waals surface area contributed by atoms with Crippen molar-refractivity contribution in [3.63, 3.8) is 0 Å². The third kappa shape index (κ3) is 2.96. The van der Waals surface area contributed by atoms with E-state index in [9.17, 15) is 9.18 Å². The monoisotopic (exact) mass is 410 g/mol. The number of amides is 1. The lowest BCUT2D eigenvalue weighted by Gasteiger charge is -2.38. The quantitative estimate of drug-likeness (QED) is 0.485. The van der Waals surface area contributed by atoms with Gasteiger partial charge in [0.05, 0.1) is 17.6 Å². The van der Waals surface area contributed by atoms with Crippen LogP contribution < -0.4 is 0 Å². The Morgan fingerprint density at radius 1 is 1.17 bits per heavy atom. The summed E-state index contributed by atoms with van der Waals surface area (Å²) in [7, 11) is 0. The molecule has 0 N–H and O–H groups in total. The first-order valence-corrected chi connectivity index (χ1v) is 9.46. The SMILES string of the molecule is CC(=O)N1CC(n2cc(-c3cn(-c4ccc(F)cc4)c4ncnc(Cl)c34)cn2)C1. The van der Waals surface area contributed by atoms with Crippen molar-refractivity contribution in [3.8, 4) is 16.8 Å². The molecule has 1 saturated heterocycles. The smallest absolute Gasteiger partial charge is 0.219 e. The highest BCUT2D eigenvalue weighted by Gasteiger charge is 2.30. The molecule has 4 heterocycles. The number of fused-ring (bicyclic) bond motifs is 1. The zero-order valence-corrected chi connectivity index (χ0v) is 16.2. The molecule has 1 aromatic carbocycles. The second kappa shape index (κ2) is 6.66. The molecular weight excluding hydrogens is 395 g/mol. The maximum atomic E-state index is 13.4. The molecule has 0 aliphatic carbocycles. The van der Waals surface area contributed by atoms with Crippen LogP contribution in [0.3, 0.4) is 0 Å². The van der Waals surface area contributed by atoms with Gasteiger partial charge in [0.15, 0.2) is 0 Å². The Bertz CT molecular complexity index is 1230.